The fraction of sp³-hybridized carbons (Fsp3) is 0.333. The number of benzene rings is 2. The van der Waals surface area contributed by atoms with Gasteiger partial charge in [-0.2, -0.15) is 0 Å². The Kier molecular flexibility index (Phi) is 4.80. The average Bonchev–Trinajstić information content (AvgIpc) is 2.58. The maximum atomic E-state index is 12.9. The SMILES string of the molecule is CN1CCN(Cc2ccccc2S(=O)(=O)c2ccccc2)CC1. The van der Waals surface area contributed by atoms with Gasteiger partial charge in [-0.25, -0.2) is 8.42 Å². The van der Waals surface area contributed by atoms with E-state index in [-0.39, 0.29) is 0 Å². The zero-order valence-corrected chi connectivity index (χ0v) is 14.2. The van der Waals surface area contributed by atoms with Crippen LogP contribution in [-0.2, 0) is 16.4 Å². The summed E-state index contributed by atoms with van der Waals surface area (Å²) in [5, 5.41) is 0. The van der Waals surface area contributed by atoms with Gasteiger partial charge < -0.3 is 4.90 Å². The molecule has 0 spiro atoms. The molecule has 1 heterocycles. The van der Waals surface area contributed by atoms with E-state index in [4.69, 9.17) is 0 Å². The van der Waals surface area contributed by atoms with Gasteiger partial charge in [0, 0.05) is 32.7 Å². The van der Waals surface area contributed by atoms with Crippen LogP contribution in [0.2, 0.25) is 0 Å². The second-order valence-corrected chi connectivity index (χ2v) is 7.92. The number of nitrogens with zero attached hydrogens (tertiary/aromatic N) is 2. The summed E-state index contributed by atoms with van der Waals surface area (Å²) in [5.41, 5.74) is 0.876. The van der Waals surface area contributed by atoms with E-state index in [1.807, 2.05) is 18.2 Å². The molecule has 0 atom stereocenters. The van der Waals surface area contributed by atoms with Crippen LogP contribution in [0.15, 0.2) is 64.4 Å². The third-order valence-corrected chi connectivity index (χ3v) is 6.18. The van der Waals surface area contributed by atoms with Crippen LogP contribution in [0.25, 0.3) is 0 Å². The molecule has 0 unspecified atom stereocenters. The molecule has 0 aromatic heterocycles. The molecular weight excluding hydrogens is 308 g/mol. The maximum Gasteiger partial charge on any atom is 0.206 e. The van der Waals surface area contributed by atoms with E-state index >= 15 is 0 Å². The van der Waals surface area contributed by atoms with E-state index in [0.717, 1.165) is 31.7 Å². The minimum absolute atomic E-state index is 0.353. The molecule has 0 aliphatic carbocycles. The first kappa shape index (κ1) is 16.2. The van der Waals surface area contributed by atoms with Crippen molar-refractivity contribution >= 4 is 9.84 Å². The van der Waals surface area contributed by atoms with Gasteiger partial charge in [0.2, 0.25) is 9.84 Å². The molecule has 1 aliphatic heterocycles. The van der Waals surface area contributed by atoms with Gasteiger partial charge in [-0.3, -0.25) is 4.90 Å². The number of rotatable bonds is 4. The molecule has 5 heteroatoms. The average molecular weight is 330 g/mol. The minimum atomic E-state index is -3.47. The third kappa shape index (κ3) is 3.63. The lowest BCUT2D eigenvalue weighted by Gasteiger charge is -2.32. The van der Waals surface area contributed by atoms with Crippen LogP contribution in [-0.4, -0.2) is 51.4 Å². The fourth-order valence-corrected chi connectivity index (χ4v) is 4.37. The van der Waals surface area contributed by atoms with Crippen LogP contribution in [0, 0.1) is 0 Å². The van der Waals surface area contributed by atoms with Gasteiger partial charge in [-0.05, 0) is 30.8 Å². The molecule has 122 valence electrons. The van der Waals surface area contributed by atoms with Gasteiger partial charge in [0.1, 0.15) is 0 Å². The molecule has 1 saturated heterocycles. The first-order chi connectivity index (χ1) is 11.1. The Hall–Kier alpha value is -1.69. The number of likely N-dealkylation sites (N-methyl/N-ethyl adjacent to an activating group) is 1. The van der Waals surface area contributed by atoms with Gasteiger partial charge in [-0.1, -0.05) is 36.4 Å². The van der Waals surface area contributed by atoms with Crippen molar-refractivity contribution in [3.05, 3.63) is 60.2 Å². The van der Waals surface area contributed by atoms with Crippen molar-refractivity contribution in [1.82, 2.24) is 9.80 Å². The first-order valence-corrected chi connectivity index (χ1v) is 9.34. The van der Waals surface area contributed by atoms with Crippen LogP contribution in [0.3, 0.4) is 0 Å². The summed E-state index contributed by atoms with van der Waals surface area (Å²) >= 11 is 0. The molecule has 0 radical (unpaired) electrons. The lowest BCUT2D eigenvalue weighted by atomic mass is 10.2. The second kappa shape index (κ2) is 6.83. The topological polar surface area (TPSA) is 40.6 Å². The zero-order valence-electron chi connectivity index (χ0n) is 13.4. The molecule has 0 amide bonds. The van der Waals surface area contributed by atoms with Gasteiger partial charge >= 0.3 is 0 Å². The summed E-state index contributed by atoms with van der Waals surface area (Å²) in [5.74, 6) is 0. The molecule has 0 N–H and O–H groups in total. The van der Waals surface area contributed by atoms with Crippen molar-refractivity contribution < 1.29 is 8.42 Å². The molecule has 23 heavy (non-hydrogen) atoms. The van der Waals surface area contributed by atoms with Gasteiger partial charge in [0.05, 0.1) is 9.79 Å². The molecule has 4 nitrogen and oxygen atoms in total. The minimum Gasteiger partial charge on any atom is -0.304 e. The summed E-state index contributed by atoms with van der Waals surface area (Å²) in [4.78, 5) is 5.39. The molecule has 1 aliphatic rings. The molecule has 0 bridgehead atoms. The van der Waals surface area contributed by atoms with E-state index in [1.165, 1.54) is 0 Å². The van der Waals surface area contributed by atoms with Crippen LogP contribution < -0.4 is 0 Å². The molecular formula is C18H22N2O2S. The van der Waals surface area contributed by atoms with Crippen molar-refractivity contribution in [3.63, 3.8) is 0 Å². The van der Waals surface area contributed by atoms with Crippen molar-refractivity contribution in [2.24, 2.45) is 0 Å². The standard InChI is InChI=1S/C18H22N2O2S/c1-19-11-13-20(14-12-19)15-16-7-5-6-10-18(16)23(21,22)17-8-3-2-4-9-17/h2-10H,11-15H2,1H3. The Bertz CT molecular complexity index is 752. The second-order valence-electron chi connectivity index (χ2n) is 6.00. The zero-order chi connectivity index (χ0) is 16.3. The Morgan fingerprint density at radius 3 is 2.17 bits per heavy atom. The summed E-state index contributed by atoms with van der Waals surface area (Å²) in [6.45, 7) is 4.66. The summed E-state index contributed by atoms with van der Waals surface area (Å²) < 4.78 is 25.8. The maximum absolute atomic E-state index is 12.9. The van der Waals surface area contributed by atoms with Crippen molar-refractivity contribution in [2.75, 3.05) is 33.2 Å². The van der Waals surface area contributed by atoms with Crippen molar-refractivity contribution in [1.29, 1.82) is 0 Å². The lowest BCUT2D eigenvalue weighted by Crippen LogP contribution is -2.44. The van der Waals surface area contributed by atoms with E-state index in [1.54, 1.807) is 36.4 Å². The normalized spacial score (nSPS) is 17.3. The quantitative estimate of drug-likeness (QED) is 0.862. The summed E-state index contributed by atoms with van der Waals surface area (Å²) in [6, 6.07) is 16.0. The highest BCUT2D eigenvalue weighted by molar-refractivity contribution is 7.91. The number of piperazine rings is 1. The summed E-state index contributed by atoms with van der Waals surface area (Å²) in [7, 11) is -1.35. The molecule has 2 aromatic carbocycles. The van der Waals surface area contributed by atoms with Gasteiger partial charge in [0.25, 0.3) is 0 Å². The number of hydrogen-bond donors (Lipinski definition) is 0. The van der Waals surface area contributed by atoms with Gasteiger partial charge in [0.15, 0.2) is 0 Å². The molecule has 2 aromatic rings. The van der Waals surface area contributed by atoms with E-state index in [0.29, 0.717) is 16.3 Å². The lowest BCUT2D eigenvalue weighted by molar-refractivity contribution is 0.147. The highest BCUT2D eigenvalue weighted by Gasteiger charge is 2.22. The monoisotopic (exact) mass is 330 g/mol. The van der Waals surface area contributed by atoms with E-state index < -0.39 is 9.84 Å². The predicted octanol–water partition coefficient (Wildman–Crippen LogP) is 2.27. The Morgan fingerprint density at radius 2 is 1.48 bits per heavy atom. The molecule has 1 fully saturated rings. The Balaban J connectivity index is 1.89. The largest absolute Gasteiger partial charge is 0.304 e. The van der Waals surface area contributed by atoms with Crippen molar-refractivity contribution in [3.8, 4) is 0 Å². The highest BCUT2D eigenvalue weighted by Crippen LogP contribution is 2.25. The van der Waals surface area contributed by atoms with Gasteiger partial charge in [-0.15, -0.1) is 0 Å². The smallest absolute Gasteiger partial charge is 0.206 e. The Morgan fingerprint density at radius 1 is 0.870 bits per heavy atom. The fourth-order valence-electron chi connectivity index (χ4n) is 2.87. The molecule has 3 rings (SSSR count). The van der Waals surface area contributed by atoms with E-state index in [2.05, 4.69) is 16.8 Å². The third-order valence-electron chi connectivity index (χ3n) is 4.31. The van der Waals surface area contributed by atoms with E-state index in [9.17, 15) is 8.42 Å². The highest BCUT2D eigenvalue weighted by atomic mass is 32.2. The van der Waals surface area contributed by atoms with Crippen LogP contribution in [0.1, 0.15) is 5.56 Å². The summed E-state index contributed by atoms with van der Waals surface area (Å²) in [6.07, 6.45) is 0. The molecule has 0 saturated carbocycles. The number of sulfone groups is 1. The Labute approximate surface area is 138 Å². The first-order valence-electron chi connectivity index (χ1n) is 7.86. The number of hydrogen-bond acceptors (Lipinski definition) is 4. The van der Waals surface area contributed by atoms with Crippen molar-refractivity contribution in [2.45, 2.75) is 16.3 Å². The van der Waals surface area contributed by atoms with Crippen LogP contribution in [0.5, 0.6) is 0 Å². The van der Waals surface area contributed by atoms with Crippen LogP contribution >= 0.6 is 0 Å². The predicted molar refractivity (Wildman–Crippen MR) is 91.1 cm³/mol. The van der Waals surface area contributed by atoms with Crippen LogP contribution in [0.4, 0.5) is 0 Å².